The molecule has 4 atom stereocenters. The lowest BCUT2D eigenvalue weighted by molar-refractivity contribution is 0.0481. The summed E-state index contributed by atoms with van der Waals surface area (Å²) < 4.78 is 32.2. The van der Waals surface area contributed by atoms with Gasteiger partial charge in [0.2, 0.25) is 0 Å². The second kappa shape index (κ2) is 8.39. The number of benzene rings is 3. The van der Waals surface area contributed by atoms with Gasteiger partial charge in [-0.15, -0.1) is 0 Å². The van der Waals surface area contributed by atoms with Crippen molar-refractivity contribution in [2.75, 3.05) is 6.54 Å². The number of hydrogen-bond donors (Lipinski definition) is 4. The summed E-state index contributed by atoms with van der Waals surface area (Å²) in [6.07, 6.45) is 9.16. The van der Waals surface area contributed by atoms with Gasteiger partial charge in [0.15, 0.2) is 0 Å². The number of imidazole rings is 2. The maximum atomic E-state index is 16.1. The first-order valence-electron chi connectivity index (χ1n) is 15.6. The van der Waals surface area contributed by atoms with Crippen molar-refractivity contribution >= 4 is 11.0 Å². The molecule has 216 valence electrons. The second-order valence-corrected chi connectivity index (χ2v) is 13.7. The van der Waals surface area contributed by atoms with E-state index >= 15 is 8.78 Å². The lowest BCUT2D eigenvalue weighted by atomic mass is 9.98. The van der Waals surface area contributed by atoms with E-state index in [2.05, 4.69) is 25.6 Å². The van der Waals surface area contributed by atoms with Crippen LogP contribution < -0.4 is 10.6 Å². The highest BCUT2D eigenvalue weighted by Crippen LogP contribution is 2.55. The topological polar surface area (TPSA) is 81.4 Å². The Kier molecular flexibility index (Phi) is 4.79. The average Bonchev–Trinajstić information content (AvgIpc) is 3.68. The minimum absolute atomic E-state index is 0.0521. The molecule has 2 unspecified atom stereocenters. The predicted octanol–water partition coefficient (Wildman–Crippen LogP) is 7.37. The molecule has 0 radical (unpaired) electrons. The summed E-state index contributed by atoms with van der Waals surface area (Å²) in [5, 5.41) is 7.29. The fourth-order valence-electron chi connectivity index (χ4n) is 8.42. The number of nitrogens with zero attached hydrogens (tertiary/aromatic N) is 2. The van der Waals surface area contributed by atoms with Crippen LogP contribution in [0.3, 0.4) is 0 Å². The van der Waals surface area contributed by atoms with Gasteiger partial charge in [0.05, 0.1) is 35.0 Å². The molecule has 2 saturated carbocycles. The molecule has 3 aliphatic carbocycles. The van der Waals surface area contributed by atoms with E-state index < -0.39 is 5.92 Å². The van der Waals surface area contributed by atoms with Gasteiger partial charge >= 0.3 is 0 Å². The zero-order valence-corrected chi connectivity index (χ0v) is 23.7. The van der Waals surface area contributed by atoms with Gasteiger partial charge in [-0.05, 0) is 96.4 Å². The first-order chi connectivity index (χ1) is 20.9. The van der Waals surface area contributed by atoms with Gasteiger partial charge in [-0.3, -0.25) is 0 Å². The van der Waals surface area contributed by atoms with Crippen LogP contribution >= 0.6 is 0 Å². The van der Waals surface area contributed by atoms with Crippen molar-refractivity contribution in [1.29, 1.82) is 0 Å². The van der Waals surface area contributed by atoms with Crippen molar-refractivity contribution in [3.05, 3.63) is 83.6 Å². The largest absolute Gasteiger partial charge is 0.341 e. The van der Waals surface area contributed by atoms with Crippen LogP contribution in [0, 0.1) is 11.3 Å². The standard InChI is InChI=1S/C35H32F2N6/c36-35(37)25-12-18(19-4-8-27-28(14-19)42-33(41-27)31-21-1-5-22(11-21)40-31)2-6-23(25)24-7-3-20(13-26(24)35)30-16-38-32(43-30)29-15-34(9-10-34)17-39-29/h2-4,6-8,12-14,16,21-22,29,31,39-40H,1,5,9-11,15,17H2,(H,38,43)(H,41,42)/t21?,22?,29-,31-/m1/s1. The zero-order chi connectivity index (χ0) is 28.5. The molecule has 2 aromatic heterocycles. The zero-order valence-electron chi connectivity index (χ0n) is 23.7. The summed E-state index contributed by atoms with van der Waals surface area (Å²) in [6.45, 7) is 1.04. The van der Waals surface area contributed by atoms with Crippen molar-refractivity contribution < 1.29 is 8.78 Å². The average molecular weight is 575 g/mol. The van der Waals surface area contributed by atoms with Gasteiger partial charge in [-0.2, -0.15) is 8.78 Å². The fourth-order valence-corrected chi connectivity index (χ4v) is 8.42. The van der Waals surface area contributed by atoms with Crippen molar-refractivity contribution in [2.45, 2.75) is 62.6 Å². The molecule has 8 heteroatoms. The molecule has 6 nitrogen and oxygen atoms in total. The van der Waals surface area contributed by atoms with Gasteiger partial charge < -0.3 is 20.6 Å². The van der Waals surface area contributed by atoms with Crippen LogP contribution in [0.15, 0.2) is 60.8 Å². The first-order valence-corrected chi connectivity index (χ1v) is 15.6. The number of piperidine rings is 1. The third-order valence-electron chi connectivity index (χ3n) is 11.0. The maximum Gasteiger partial charge on any atom is 0.299 e. The molecule has 2 saturated heterocycles. The Morgan fingerprint density at radius 3 is 2.33 bits per heavy atom. The van der Waals surface area contributed by atoms with Crippen LogP contribution in [0.4, 0.5) is 8.78 Å². The summed E-state index contributed by atoms with van der Waals surface area (Å²) in [5.41, 5.74) is 6.79. The highest BCUT2D eigenvalue weighted by molar-refractivity contribution is 5.86. The molecule has 10 rings (SSSR count). The Balaban J connectivity index is 0.956. The van der Waals surface area contributed by atoms with E-state index in [9.17, 15) is 0 Å². The Hall–Kier alpha value is -3.88. The molecule has 0 amide bonds. The van der Waals surface area contributed by atoms with E-state index in [0.29, 0.717) is 28.5 Å². The van der Waals surface area contributed by atoms with Crippen LogP contribution in [0.2, 0.25) is 0 Å². The van der Waals surface area contributed by atoms with Gasteiger partial charge in [-0.1, -0.05) is 30.3 Å². The summed E-state index contributed by atoms with van der Waals surface area (Å²) >= 11 is 0. The third kappa shape index (κ3) is 3.63. The summed E-state index contributed by atoms with van der Waals surface area (Å²) in [4.78, 5) is 16.4. The number of hydrogen-bond acceptors (Lipinski definition) is 4. The maximum absolute atomic E-state index is 16.1. The highest BCUT2D eigenvalue weighted by atomic mass is 19.3. The molecular weight excluding hydrogens is 542 g/mol. The molecule has 2 aliphatic heterocycles. The highest BCUT2D eigenvalue weighted by Gasteiger charge is 2.49. The van der Waals surface area contributed by atoms with E-state index in [0.717, 1.165) is 58.0 Å². The van der Waals surface area contributed by atoms with Crippen molar-refractivity contribution in [3.8, 4) is 33.5 Å². The summed E-state index contributed by atoms with van der Waals surface area (Å²) in [7, 11) is 0. The number of aromatic nitrogens is 4. The van der Waals surface area contributed by atoms with Crippen LogP contribution in [0.5, 0.6) is 0 Å². The van der Waals surface area contributed by atoms with Crippen molar-refractivity contribution in [3.63, 3.8) is 0 Å². The van der Waals surface area contributed by atoms with Gasteiger partial charge in [0.25, 0.3) is 5.92 Å². The first kappa shape index (κ1) is 24.6. The van der Waals surface area contributed by atoms with Gasteiger partial charge in [0, 0.05) is 29.3 Å². The van der Waals surface area contributed by atoms with E-state index in [1.54, 1.807) is 18.3 Å². The number of H-pyrrole nitrogens is 2. The molecule has 1 spiro atoms. The van der Waals surface area contributed by atoms with Crippen molar-refractivity contribution in [1.82, 2.24) is 30.6 Å². The summed E-state index contributed by atoms with van der Waals surface area (Å²) in [5.74, 6) is -0.571. The van der Waals surface area contributed by atoms with Crippen molar-refractivity contribution in [2.24, 2.45) is 11.3 Å². The molecule has 2 bridgehead atoms. The lowest BCUT2D eigenvalue weighted by Crippen LogP contribution is -2.29. The van der Waals surface area contributed by atoms with Crippen LogP contribution in [-0.4, -0.2) is 32.5 Å². The van der Waals surface area contributed by atoms with Crippen LogP contribution in [-0.2, 0) is 5.92 Å². The molecule has 4 fully saturated rings. The monoisotopic (exact) mass is 574 g/mol. The number of nitrogens with one attached hydrogen (secondary N) is 4. The number of halogens is 2. The van der Waals surface area contributed by atoms with E-state index in [1.165, 1.54) is 32.1 Å². The molecular formula is C35H32F2N6. The minimum atomic E-state index is -3.09. The van der Waals surface area contributed by atoms with Gasteiger partial charge in [0.1, 0.15) is 11.6 Å². The molecule has 5 aliphatic rings. The summed E-state index contributed by atoms with van der Waals surface area (Å²) in [6, 6.07) is 18.0. The van der Waals surface area contributed by atoms with Gasteiger partial charge in [-0.25, -0.2) is 9.97 Å². The molecule has 43 heavy (non-hydrogen) atoms. The SMILES string of the molecule is FC1(F)c2cc(-c3ccc4nc([C@@H]5NC6CCC5C6)[nH]c4c3)ccc2-c2ccc(-c3cnc([C@H]4CC5(CC5)CN4)[nH]3)cc21. The molecule has 4 heterocycles. The normalized spacial score (nSPS) is 27.3. The lowest BCUT2D eigenvalue weighted by Gasteiger charge is -2.20. The smallest absolute Gasteiger partial charge is 0.299 e. The van der Waals surface area contributed by atoms with E-state index in [4.69, 9.17) is 4.98 Å². The van der Waals surface area contributed by atoms with Crippen LogP contribution in [0.1, 0.15) is 73.4 Å². The number of rotatable bonds is 4. The minimum Gasteiger partial charge on any atom is -0.341 e. The third-order valence-corrected chi connectivity index (χ3v) is 11.0. The number of alkyl halides is 2. The Morgan fingerprint density at radius 1 is 0.814 bits per heavy atom. The second-order valence-electron chi connectivity index (χ2n) is 13.7. The Bertz CT molecular complexity index is 1950. The fraction of sp³-hybridized carbons (Fsp3) is 0.371. The predicted molar refractivity (Wildman–Crippen MR) is 162 cm³/mol. The molecule has 3 aromatic carbocycles. The molecule has 4 N–H and O–H groups in total. The Morgan fingerprint density at radius 2 is 1.58 bits per heavy atom. The Labute approximate surface area is 247 Å². The number of aromatic amines is 2. The molecule has 5 aromatic rings. The number of fused-ring (bicyclic) bond motifs is 6. The van der Waals surface area contributed by atoms with E-state index in [-0.39, 0.29) is 23.2 Å². The van der Waals surface area contributed by atoms with Crippen LogP contribution in [0.25, 0.3) is 44.5 Å². The quantitative estimate of drug-likeness (QED) is 0.181. The van der Waals surface area contributed by atoms with E-state index in [1.807, 2.05) is 42.5 Å².